The van der Waals surface area contributed by atoms with E-state index in [1.165, 1.54) is 28.2 Å². The van der Waals surface area contributed by atoms with Gasteiger partial charge in [-0.15, -0.1) is 22.7 Å². The third-order valence-corrected chi connectivity index (χ3v) is 6.57. The molecule has 0 aliphatic carbocycles. The SMILES string of the molecule is Cc1nc(-c2ccccn2)sc1C(=O)Nc1ncc(Cc2ccc(Br)cc2)s1. The number of pyridine rings is 1. The maximum Gasteiger partial charge on any atom is 0.269 e. The van der Waals surface area contributed by atoms with Crippen molar-refractivity contribution < 1.29 is 4.79 Å². The van der Waals surface area contributed by atoms with E-state index in [1.807, 2.05) is 37.3 Å². The molecule has 0 bridgehead atoms. The minimum absolute atomic E-state index is 0.193. The van der Waals surface area contributed by atoms with Gasteiger partial charge in [0, 0.05) is 28.2 Å². The lowest BCUT2D eigenvalue weighted by molar-refractivity contribution is 0.103. The van der Waals surface area contributed by atoms with Gasteiger partial charge in [-0.2, -0.15) is 0 Å². The fourth-order valence-corrected chi connectivity index (χ4v) is 4.65. The highest BCUT2D eigenvalue weighted by Crippen LogP contribution is 2.28. The maximum atomic E-state index is 12.7. The second kappa shape index (κ2) is 8.30. The number of amides is 1. The van der Waals surface area contributed by atoms with E-state index in [0.717, 1.165) is 26.5 Å². The quantitative estimate of drug-likeness (QED) is 0.413. The maximum absolute atomic E-state index is 12.7. The third kappa shape index (κ3) is 4.35. The molecule has 0 atom stereocenters. The molecule has 0 fully saturated rings. The fraction of sp³-hybridized carbons (Fsp3) is 0.100. The van der Waals surface area contributed by atoms with Gasteiger partial charge in [0.25, 0.3) is 5.91 Å². The number of carbonyl (C=O) groups is 1. The fourth-order valence-electron chi connectivity index (χ4n) is 2.61. The molecule has 0 radical (unpaired) electrons. The third-order valence-electron chi connectivity index (χ3n) is 3.95. The average molecular weight is 471 g/mol. The average Bonchev–Trinajstić information content (AvgIpc) is 3.30. The van der Waals surface area contributed by atoms with Gasteiger partial charge in [-0.05, 0) is 36.8 Å². The normalized spacial score (nSPS) is 10.8. The van der Waals surface area contributed by atoms with Crippen LogP contribution in [0.2, 0.25) is 0 Å². The molecule has 0 saturated heterocycles. The number of hydrogen-bond donors (Lipinski definition) is 1. The Kier molecular flexibility index (Phi) is 5.61. The number of anilines is 1. The Bertz CT molecular complexity index is 1110. The molecular weight excluding hydrogens is 456 g/mol. The molecule has 0 aliphatic rings. The first kappa shape index (κ1) is 18.9. The van der Waals surface area contributed by atoms with Gasteiger partial charge in [-0.3, -0.25) is 15.1 Å². The molecule has 1 amide bonds. The van der Waals surface area contributed by atoms with E-state index in [-0.39, 0.29) is 5.91 Å². The molecule has 1 N–H and O–H groups in total. The zero-order valence-electron chi connectivity index (χ0n) is 14.8. The summed E-state index contributed by atoms with van der Waals surface area (Å²) in [5, 5.41) is 4.21. The van der Waals surface area contributed by atoms with Crippen molar-refractivity contribution in [1.29, 1.82) is 0 Å². The molecule has 1 aromatic carbocycles. The molecule has 3 heterocycles. The van der Waals surface area contributed by atoms with Crippen LogP contribution in [0.25, 0.3) is 10.7 Å². The number of aryl methyl sites for hydroxylation is 1. The van der Waals surface area contributed by atoms with Gasteiger partial charge >= 0.3 is 0 Å². The number of aromatic nitrogens is 3. The summed E-state index contributed by atoms with van der Waals surface area (Å²) in [5.41, 5.74) is 2.65. The highest BCUT2D eigenvalue weighted by Gasteiger charge is 2.18. The molecule has 8 heteroatoms. The number of nitrogens with one attached hydrogen (secondary N) is 1. The van der Waals surface area contributed by atoms with Crippen LogP contribution in [0, 0.1) is 6.92 Å². The number of benzene rings is 1. The first-order valence-electron chi connectivity index (χ1n) is 8.48. The van der Waals surface area contributed by atoms with E-state index in [1.54, 1.807) is 12.4 Å². The van der Waals surface area contributed by atoms with Crippen LogP contribution in [0.5, 0.6) is 0 Å². The van der Waals surface area contributed by atoms with Crippen molar-refractivity contribution in [1.82, 2.24) is 15.0 Å². The predicted octanol–water partition coefficient (Wildman–Crippen LogP) is 5.58. The van der Waals surface area contributed by atoms with Crippen LogP contribution in [0.3, 0.4) is 0 Å². The molecular formula is C20H15BrN4OS2. The lowest BCUT2D eigenvalue weighted by Crippen LogP contribution is -2.11. The van der Waals surface area contributed by atoms with E-state index in [0.29, 0.717) is 15.7 Å². The summed E-state index contributed by atoms with van der Waals surface area (Å²) >= 11 is 6.26. The van der Waals surface area contributed by atoms with Crippen molar-refractivity contribution in [3.8, 4) is 10.7 Å². The lowest BCUT2D eigenvalue weighted by atomic mass is 10.1. The Morgan fingerprint density at radius 3 is 2.68 bits per heavy atom. The van der Waals surface area contributed by atoms with Crippen LogP contribution >= 0.6 is 38.6 Å². The molecule has 3 aromatic heterocycles. The van der Waals surface area contributed by atoms with Crippen molar-refractivity contribution in [2.24, 2.45) is 0 Å². The van der Waals surface area contributed by atoms with Crippen molar-refractivity contribution >= 4 is 49.6 Å². The van der Waals surface area contributed by atoms with Crippen LogP contribution < -0.4 is 5.32 Å². The van der Waals surface area contributed by atoms with Crippen LogP contribution in [0.15, 0.2) is 59.3 Å². The monoisotopic (exact) mass is 470 g/mol. The van der Waals surface area contributed by atoms with Gasteiger partial charge < -0.3 is 0 Å². The Morgan fingerprint density at radius 2 is 1.93 bits per heavy atom. The largest absolute Gasteiger partial charge is 0.297 e. The summed E-state index contributed by atoms with van der Waals surface area (Å²) in [4.78, 5) is 27.5. The molecule has 0 aliphatic heterocycles. The molecule has 0 saturated carbocycles. The topological polar surface area (TPSA) is 67.8 Å². The van der Waals surface area contributed by atoms with Gasteiger partial charge in [0.2, 0.25) is 0 Å². The Morgan fingerprint density at radius 1 is 1.11 bits per heavy atom. The summed E-state index contributed by atoms with van der Waals surface area (Å²) in [7, 11) is 0. The van der Waals surface area contributed by atoms with Gasteiger partial charge in [-0.25, -0.2) is 9.97 Å². The van der Waals surface area contributed by atoms with E-state index >= 15 is 0 Å². The van der Waals surface area contributed by atoms with Crippen molar-refractivity contribution in [3.63, 3.8) is 0 Å². The van der Waals surface area contributed by atoms with Gasteiger partial charge in [-0.1, -0.05) is 34.1 Å². The zero-order chi connectivity index (χ0) is 19.5. The molecule has 4 aromatic rings. The van der Waals surface area contributed by atoms with Crippen LogP contribution in [0.1, 0.15) is 25.8 Å². The van der Waals surface area contributed by atoms with E-state index in [9.17, 15) is 4.79 Å². The summed E-state index contributed by atoms with van der Waals surface area (Å²) < 4.78 is 1.05. The number of rotatable bonds is 5. The highest BCUT2D eigenvalue weighted by atomic mass is 79.9. The lowest BCUT2D eigenvalue weighted by Gasteiger charge is -2.00. The summed E-state index contributed by atoms with van der Waals surface area (Å²) in [6, 6.07) is 13.8. The zero-order valence-corrected chi connectivity index (χ0v) is 18.1. The van der Waals surface area contributed by atoms with Crippen molar-refractivity contribution in [2.75, 3.05) is 5.32 Å². The number of carbonyl (C=O) groups excluding carboxylic acids is 1. The van der Waals surface area contributed by atoms with Gasteiger partial charge in [0.05, 0.1) is 11.4 Å². The van der Waals surface area contributed by atoms with Crippen molar-refractivity contribution in [3.05, 3.63) is 80.3 Å². The van der Waals surface area contributed by atoms with Crippen molar-refractivity contribution in [2.45, 2.75) is 13.3 Å². The standard InChI is InChI=1S/C20H15BrN4OS2/c1-12-17(28-19(24-12)16-4-2-3-9-22-16)18(26)25-20-23-11-15(27-20)10-13-5-7-14(21)8-6-13/h2-9,11H,10H2,1H3,(H,23,25,26). The smallest absolute Gasteiger partial charge is 0.269 e. The molecule has 4 rings (SSSR count). The molecule has 0 spiro atoms. The van der Waals surface area contributed by atoms with E-state index in [2.05, 4.69) is 48.3 Å². The summed E-state index contributed by atoms with van der Waals surface area (Å²) in [6.45, 7) is 1.83. The summed E-state index contributed by atoms with van der Waals surface area (Å²) in [6.07, 6.45) is 4.31. The van der Waals surface area contributed by atoms with Crippen LogP contribution in [-0.4, -0.2) is 20.9 Å². The Balaban J connectivity index is 1.46. The number of nitrogens with zero attached hydrogens (tertiary/aromatic N) is 3. The first-order chi connectivity index (χ1) is 13.6. The Hall–Kier alpha value is -2.42. The minimum Gasteiger partial charge on any atom is -0.297 e. The molecule has 28 heavy (non-hydrogen) atoms. The van der Waals surface area contributed by atoms with Crippen LogP contribution in [-0.2, 0) is 6.42 Å². The Labute approximate surface area is 178 Å². The molecule has 140 valence electrons. The number of halogens is 1. The molecule has 0 unspecified atom stereocenters. The van der Waals surface area contributed by atoms with E-state index < -0.39 is 0 Å². The summed E-state index contributed by atoms with van der Waals surface area (Å²) in [5.74, 6) is -0.193. The predicted molar refractivity (Wildman–Crippen MR) is 117 cm³/mol. The van der Waals surface area contributed by atoms with Crippen LogP contribution in [0.4, 0.5) is 5.13 Å². The first-order valence-corrected chi connectivity index (χ1v) is 10.9. The van der Waals surface area contributed by atoms with E-state index in [4.69, 9.17) is 0 Å². The highest BCUT2D eigenvalue weighted by molar-refractivity contribution is 9.10. The minimum atomic E-state index is -0.193. The van der Waals surface area contributed by atoms with Gasteiger partial charge in [0.15, 0.2) is 5.13 Å². The second-order valence-corrected chi connectivity index (χ2v) is 9.07. The number of hydrogen-bond acceptors (Lipinski definition) is 6. The second-order valence-electron chi connectivity index (χ2n) is 6.04. The molecule has 5 nitrogen and oxygen atoms in total. The van der Waals surface area contributed by atoms with Gasteiger partial charge in [0.1, 0.15) is 9.88 Å². The number of thiazole rings is 2.